The Bertz CT molecular complexity index is 165. The Labute approximate surface area is 79.2 Å². The minimum Gasteiger partial charge on any atom is -0.448 e. The van der Waals surface area contributed by atoms with E-state index in [1.165, 1.54) is 17.7 Å². The molecule has 1 rings (SSSR count). The van der Waals surface area contributed by atoms with Crippen LogP contribution in [0.2, 0.25) is 0 Å². The van der Waals surface area contributed by atoms with Crippen LogP contribution < -0.4 is 5.32 Å². The van der Waals surface area contributed by atoms with Crippen LogP contribution in [0.3, 0.4) is 0 Å². The lowest BCUT2D eigenvalue weighted by Gasteiger charge is -2.23. The normalized spacial score (nSPS) is 22.5. The van der Waals surface area contributed by atoms with Gasteiger partial charge in [0.25, 0.3) is 0 Å². The van der Waals surface area contributed by atoms with E-state index in [0.29, 0.717) is 12.6 Å². The van der Waals surface area contributed by atoms with Gasteiger partial charge in [0, 0.05) is 20.1 Å². The summed E-state index contributed by atoms with van der Waals surface area (Å²) in [7, 11) is 3.38. The molecule has 1 saturated heterocycles. The summed E-state index contributed by atoms with van der Waals surface area (Å²) in [5.41, 5.74) is 0. The van der Waals surface area contributed by atoms with Crippen molar-refractivity contribution in [2.45, 2.75) is 25.3 Å². The lowest BCUT2D eigenvalue weighted by molar-refractivity contribution is 0.103. The van der Waals surface area contributed by atoms with Crippen molar-refractivity contribution in [2.75, 3.05) is 27.2 Å². The fourth-order valence-corrected chi connectivity index (χ4v) is 1.37. The minimum absolute atomic E-state index is 0.257. The van der Waals surface area contributed by atoms with Crippen molar-refractivity contribution >= 4 is 6.09 Å². The van der Waals surface area contributed by atoms with Crippen LogP contribution in [-0.4, -0.2) is 44.3 Å². The van der Waals surface area contributed by atoms with Crippen molar-refractivity contribution in [3.8, 4) is 0 Å². The number of amides is 1. The van der Waals surface area contributed by atoms with E-state index in [1.54, 1.807) is 14.1 Å². The summed E-state index contributed by atoms with van der Waals surface area (Å²) in [5, 5.41) is 3.32. The van der Waals surface area contributed by atoms with E-state index in [-0.39, 0.29) is 6.09 Å². The number of ether oxygens (including phenoxy) is 1. The van der Waals surface area contributed by atoms with E-state index in [4.69, 9.17) is 4.74 Å². The van der Waals surface area contributed by atoms with Gasteiger partial charge in [-0.1, -0.05) is 6.42 Å². The molecule has 76 valence electrons. The van der Waals surface area contributed by atoms with E-state index in [2.05, 4.69) is 5.32 Å². The maximum absolute atomic E-state index is 11.1. The first-order valence-corrected chi connectivity index (χ1v) is 4.77. The number of nitrogens with one attached hydrogen (secondary N) is 1. The zero-order valence-corrected chi connectivity index (χ0v) is 8.38. The predicted octanol–water partition coefficient (Wildman–Crippen LogP) is 0.827. The summed E-state index contributed by atoms with van der Waals surface area (Å²) in [4.78, 5) is 12.5. The van der Waals surface area contributed by atoms with Crippen LogP contribution in [0.25, 0.3) is 0 Å². The molecule has 13 heavy (non-hydrogen) atoms. The van der Waals surface area contributed by atoms with Gasteiger partial charge in [0.05, 0.1) is 0 Å². The zero-order chi connectivity index (χ0) is 9.68. The van der Waals surface area contributed by atoms with Gasteiger partial charge in [-0.3, -0.25) is 0 Å². The Morgan fingerprint density at radius 1 is 1.54 bits per heavy atom. The van der Waals surface area contributed by atoms with Gasteiger partial charge in [-0.05, 0) is 19.4 Å². The molecule has 4 heteroatoms. The van der Waals surface area contributed by atoms with Gasteiger partial charge in [-0.2, -0.15) is 0 Å². The van der Waals surface area contributed by atoms with E-state index in [9.17, 15) is 4.79 Å². The number of hydrogen-bond acceptors (Lipinski definition) is 3. The summed E-state index contributed by atoms with van der Waals surface area (Å²) in [6.45, 7) is 1.54. The Hall–Kier alpha value is -0.770. The molecular weight excluding hydrogens is 168 g/mol. The van der Waals surface area contributed by atoms with Crippen molar-refractivity contribution in [1.29, 1.82) is 0 Å². The second kappa shape index (κ2) is 5.07. The van der Waals surface area contributed by atoms with Crippen LogP contribution in [0.1, 0.15) is 19.3 Å². The number of carbonyl (C=O) groups excluding carboxylic acids is 1. The molecule has 0 saturated carbocycles. The summed E-state index contributed by atoms with van der Waals surface area (Å²) in [5.74, 6) is 0. The molecule has 1 atom stereocenters. The van der Waals surface area contributed by atoms with Crippen molar-refractivity contribution < 1.29 is 9.53 Å². The molecule has 0 spiro atoms. The van der Waals surface area contributed by atoms with Gasteiger partial charge in [0.2, 0.25) is 0 Å². The zero-order valence-electron chi connectivity index (χ0n) is 8.38. The van der Waals surface area contributed by atoms with Crippen LogP contribution in [-0.2, 0) is 4.74 Å². The number of rotatable bonds is 2. The summed E-state index contributed by atoms with van der Waals surface area (Å²) in [6, 6.07) is 0.359. The van der Waals surface area contributed by atoms with Crippen molar-refractivity contribution in [3.05, 3.63) is 0 Å². The van der Waals surface area contributed by atoms with Crippen LogP contribution in [0, 0.1) is 0 Å². The van der Waals surface area contributed by atoms with Gasteiger partial charge in [0.15, 0.2) is 0 Å². The van der Waals surface area contributed by atoms with E-state index in [0.717, 1.165) is 13.0 Å². The Balaban J connectivity index is 2.13. The maximum Gasteiger partial charge on any atom is 0.409 e. The first-order valence-electron chi connectivity index (χ1n) is 4.77. The van der Waals surface area contributed by atoms with Crippen LogP contribution in [0.15, 0.2) is 0 Å². The fourth-order valence-electron chi connectivity index (χ4n) is 1.37. The third kappa shape index (κ3) is 3.63. The Morgan fingerprint density at radius 2 is 2.31 bits per heavy atom. The van der Waals surface area contributed by atoms with Crippen LogP contribution in [0.5, 0.6) is 0 Å². The molecule has 1 aliphatic rings. The van der Waals surface area contributed by atoms with Crippen molar-refractivity contribution in [2.24, 2.45) is 0 Å². The van der Waals surface area contributed by atoms with Gasteiger partial charge in [0.1, 0.15) is 6.61 Å². The highest BCUT2D eigenvalue weighted by Crippen LogP contribution is 2.07. The van der Waals surface area contributed by atoms with E-state index in [1.807, 2.05) is 0 Å². The lowest BCUT2D eigenvalue weighted by atomic mass is 10.1. The molecule has 0 radical (unpaired) electrons. The molecule has 1 heterocycles. The van der Waals surface area contributed by atoms with Gasteiger partial charge in [-0.15, -0.1) is 0 Å². The SMILES string of the molecule is CN(C)C(=O)OC[C@@H]1CCCCN1. The Kier molecular flexibility index (Phi) is 4.02. The smallest absolute Gasteiger partial charge is 0.409 e. The number of hydrogen-bond donors (Lipinski definition) is 1. The average Bonchev–Trinajstić information content (AvgIpc) is 2.15. The molecule has 1 N–H and O–H groups in total. The summed E-state index contributed by atoms with van der Waals surface area (Å²) >= 11 is 0. The molecule has 4 nitrogen and oxygen atoms in total. The second-order valence-corrected chi connectivity index (χ2v) is 3.62. The third-order valence-corrected chi connectivity index (χ3v) is 2.19. The molecule has 0 aromatic rings. The standard InChI is InChI=1S/C9H18N2O2/c1-11(2)9(12)13-7-8-5-3-4-6-10-8/h8,10H,3-7H2,1-2H3/t8-/m0/s1. The molecule has 0 bridgehead atoms. The predicted molar refractivity (Wildman–Crippen MR) is 50.7 cm³/mol. The Morgan fingerprint density at radius 3 is 2.85 bits per heavy atom. The largest absolute Gasteiger partial charge is 0.448 e. The molecule has 0 aromatic carbocycles. The molecule has 0 unspecified atom stereocenters. The first-order chi connectivity index (χ1) is 6.20. The van der Waals surface area contributed by atoms with Gasteiger partial charge in [-0.25, -0.2) is 4.79 Å². The highest BCUT2D eigenvalue weighted by Gasteiger charge is 2.14. The number of nitrogens with zero attached hydrogens (tertiary/aromatic N) is 1. The molecule has 0 aromatic heterocycles. The van der Waals surface area contributed by atoms with E-state index < -0.39 is 0 Å². The van der Waals surface area contributed by atoms with Crippen molar-refractivity contribution in [1.82, 2.24) is 10.2 Å². The van der Waals surface area contributed by atoms with Gasteiger partial charge < -0.3 is 15.0 Å². The lowest BCUT2D eigenvalue weighted by Crippen LogP contribution is -2.39. The van der Waals surface area contributed by atoms with Crippen molar-refractivity contribution in [3.63, 3.8) is 0 Å². The highest BCUT2D eigenvalue weighted by molar-refractivity contribution is 5.66. The first kappa shape index (κ1) is 10.3. The monoisotopic (exact) mass is 186 g/mol. The molecular formula is C9H18N2O2. The molecule has 1 aliphatic heterocycles. The quantitative estimate of drug-likeness (QED) is 0.694. The summed E-state index contributed by atoms with van der Waals surface area (Å²) < 4.78 is 5.07. The molecule has 0 aliphatic carbocycles. The summed E-state index contributed by atoms with van der Waals surface area (Å²) in [6.07, 6.45) is 3.32. The van der Waals surface area contributed by atoms with Crippen LogP contribution in [0.4, 0.5) is 4.79 Å². The fraction of sp³-hybridized carbons (Fsp3) is 0.889. The van der Waals surface area contributed by atoms with Gasteiger partial charge >= 0.3 is 6.09 Å². The topological polar surface area (TPSA) is 41.6 Å². The average molecular weight is 186 g/mol. The number of piperidine rings is 1. The second-order valence-electron chi connectivity index (χ2n) is 3.62. The molecule has 1 fully saturated rings. The third-order valence-electron chi connectivity index (χ3n) is 2.19. The maximum atomic E-state index is 11.1. The van der Waals surface area contributed by atoms with Crippen LogP contribution >= 0.6 is 0 Å². The minimum atomic E-state index is -0.257. The molecule has 1 amide bonds. The number of carbonyl (C=O) groups is 1. The van der Waals surface area contributed by atoms with E-state index >= 15 is 0 Å². The highest BCUT2D eigenvalue weighted by atomic mass is 16.6.